The molecule has 0 radical (unpaired) electrons. The van der Waals surface area contributed by atoms with E-state index in [-0.39, 0.29) is 5.41 Å². The van der Waals surface area contributed by atoms with E-state index in [1.54, 1.807) is 0 Å². The van der Waals surface area contributed by atoms with Gasteiger partial charge >= 0.3 is 0 Å². The molecule has 0 N–H and O–H groups in total. The van der Waals surface area contributed by atoms with Gasteiger partial charge in [0, 0.05) is 22.2 Å². The first-order valence-corrected chi connectivity index (χ1v) is 20.7. The van der Waals surface area contributed by atoms with Gasteiger partial charge in [-0.25, -0.2) is 0 Å². The number of benzene rings is 9. The van der Waals surface area contributed by atoms with Gasteiger partial charge in [-0.15, -0.1) is 0 Å². The van der Waals surface area contributed by atoms with Crippen molar-refractivity contribution in [3.05, 3.63) is 258 Å². The van der Waals surface area contributed by atoms with Crippen molar-refractivity contribution in [1.82, 2.24) is 0 Å². The molecule has 2 aliphatic rings. The molecule has 0 amide bonds. The number of anilines is 3. The van der Waals surface area contributed by atoms with Gasteiger partial charge in [0.1, 0.15) is 0 Å². The lowest BCUT2D eigenvalue weighted by Gasteiger charge is -2.46. The second-order valence-electron chi connectivity index (χ2n) is 16.4. The fraction of sp³-hybridized carbons (Fsp3) is 0.0690. The van der Waals surface area contributed by atoms with Gasteiger partial charge < -0.3 is 4.90 Å². The van der Waals surface area contributed by atoms with Crippen LogP contribution in [-0.2, 0) is 10.8 Å². The quantitative estimate of drug-likeness (QED) is 0.163. The van der Waals surface area contributed by atoms with Crippen LogP contribution in [0.25, 0.3) is 44.5 Å². The minimum absolute atomic E-state index is 0.164. The summed E-state index contributed by atoms with van der Waals surface area (Å²) in [6.07, 6.45) is 0. The SMILES string of the molecule is CC1(C)c2ccccc2C2(c3ccccc3-c3c(N(c4ccc(-c5ccccc5)c(-c5ccccc5)c4)c4ccccc4-c4ccccc4)cccc32)c2ccccc21. The van der Waals surface area contributed by atoms with Crippen LogP contribution in [-0.4, -0.2) is 0 Å². The standard InChI is InChI=1S/C58H43N/c1-57(2)49-30-15-17-32-51(49)58(52-33-18-16-31-50(52)57)48-29-14-12-28-46(48)56-53(58)34-20-36-55(56)59(54-35-19-13-27-45(54)41-23-8-4-9-24-41)43-37-38-44(40-21-6-3-7-22-40)47(39-43)42-25-10-5-11-26-42/h3-39H,1-2H3. The van der Waals surface area contributed by atoms with E-state index in [9.17, 15) is 0 Å². The highest BCUT2D eigenvalue weighted by atomic mass is 15.1. The fourth-order valence-electron chi connectivity index (χ4n) is 10.4. The van der Waals surface area contributed by atoms with Crippen LogP contribution in [0.2, 0.25) is 0 Å². The van der Waals surface area contributed by atoms with Crippen LogP contribution in [0.5, 0.6) is 0 Å². The van der Waals surface area contributed by atoms with Crippen molar-refractivity contribution in [3.63, 3.8) is 0 Å². The molecule has 59 heavy (non-hydrogen) atoms. The van der Waals surface area contributed by atoms with E-state index in [2.05, 4.69) is 243 Å². The molecule has 2 aliphatic carbocycles. The van der Waals surface area contributed by atoms with Crippen LogP contribution in [0.4, 0.5) is 17.1 Å². The molecule has 0 heterocycles. The van der Waals surface area contributed by atoms with E-state index in [1.165, 1.54) is 77.9 Å². The third-order valence-electron chi connectivity index (χ3n) is 13.0. The maximum absolute atomic E-state index is 2.53. The molecule has 11 rings (SSSR count). The monoisotopic (exact) mass is 753 g/mol. The van der Waals surface area contributed by atoms with Gasteiger partial charge in [-0.3, -0.25) is 0 Å². The van der Waals surface area contributed by atoms with E-state index in [0.717, 1.165) is 17.1 Å². The molecule has 9 aromatic carbocycles. The largest absolute Gasteiger partial charge is 0.309 e. The number of hydrogen-bond donors (Lipinski definition) is 0. The molecule has 0 atom stereocenters. The molecular weight excluding hydrogens is 711 g/mol. The van der Waals surface area contributed by atoms with Crippen molar-refractivity contribution < 1.29 is 0 Å². The van der Waals surface area contributed by atoms with Crippen LogP contribution in [0.3, 0.4) is 0 Å². The van der Waals surface area contributed by atoms with Gasteiger partial charge in [-0.1, -0.05) is 214 Å². The van der Waals surface area contributed by atoms with Crippen LogP contribution >= 0.6 is 0 Å². The highest BCUT2D eigenvalue weighted by Crippen LogP contribution is 2.64. The molecule has 1 heteroatoms. The Hall–Kier alpha value is -7.22. The number of nitrogens with zero attached hydrogens (tertiary/aromatic N) is 1. The predicted molar refractivity (Wildman–Crippen MR) is 247 cm³/mol. The molecule has 280 valence electrons. The molecule has 0 fully saturated rings. The van der Waals surface area contributed by atoms with E-state index < -0.39 is 5.41 Å². The van der Waals surface area contributed by atoms with Crippen molar-refractivity contribution in [2.24, 2.45) is 0 Å². The normalized spacial score (nSPS) is 13.9. The minimum Gasteiger partial charge on any atom is -0.309 e. The maximum Gasteiger partial charge on any atom is 0.0720 e. The van der Waals surface area contributed by atoms with Gasteiger partial charge in [-0.05, 0) is 91.0 Å². The number of rotatable bonds is 6. The Balaban J connectivity index is 1.25. The third kappa shape index (κ3) is 5.25. The molecule has 0 unspecified atom stereocenters. The number of hydrogen-bond acceptors (Lipinski definition) is 1. The van der Waals surface area contributed by atoms with Crippen LogP contribution in [0.15, 0.2) is 224 Å². The molecule has 0 aromatic heterocycles. The predicted octanol–water partition coefficient (Wildman–Crippen LogP) is 15.2. The molecular formula is C58H43N. The van der Waals surface area contributed by atoms with Crippen molar-refractivity contribution in [2.75, 3.05) is 4.90 Å². The zero-order valence-corrected chi connectivity index (χ0v) is 33.3. The van der Waals surface area contributed by atoms with E-state index in [1.807, 2.05) is 0 Å². The average molecular weight is 754 g/mol. The van der Waals surface area contributed by atoms with Gasteiger partial charge in [0.15, 0.2) is 0 Å². The van der Waals surface area contributed by atoms with Crippen LogP contribution in [0.1, 0.15) is 47.2 Å². The second-order valence-corrected chi connectivity index (χ2v) is 16.4. The first-order chi connectivity index (χ1) is 29.1. The summed E-state index contributed by atoms with van der Waals surface area (Å²) in [5.74, 6) is 0. The highest BCUT2D eigenvalue weighted by Gasteiger charge is 2.53. The second kappa shape index (κ2) is 13.7. The summed E-state index contributed by atoms with van der Waals surface area (Å²) >= 11 is 0. The summed E-state index contributed by atoms with van der Waals surface area (Å²) < 4.78 is 0. The van der Waals surface area contributed by atoms with Crippen LogP contribution < -0.4 is 4.90 Å². The molecule has 0 bridgehead atoms. The van der Waals surface area contributed by atoms with E-state index >= 15 is 0 Å². The molecule has 1 spiro atoms. The molecule has 1 nitrogen and oxygen atoms in total. The Morgan fingerprint density at radius 3 is 1.36 bits per heavy atom. The summed E-state index contributed by atoms with van der Waals surface area (Å²) in [5, 5.41) is 0. The first kappa shape index (κ1) is 35.0. The fourth-order valence-corrected chi connectivity index (χ4v) is 10.4. The van der Waals surface area contributed by atoms with Crippen molar-refractivity contribution >= 4 is 17.1 Å². The minimum atomic E-state index is -0.498. The third-order valence-corrected chi connectivity index (χ3v) is 13.0. The first-order valence-electron chi connectivity index (χ1n) is 20.7. The highest BCUT2D eigenvalue weighted by molar-refractivity contribution is 6.01. The number of para-hydroxylation sites is 1. The van der Waals surface area contributed by atoms with Gasteiger partial charge in [0.2, 0.25) is 0 Å². The Morgan fingerprint density at radius 1 is 0.305 bits per heavy atom. The van der Waals surface area contributed by atoms with E-state index in [0.29, 0.717) is 0 Å². The Labute approximate surface area is 347 Å². The summed E-state index contributed by atoms with van der Waals surface area (Å²) in [4.78, 5) is 2.53. The molecule has 9 aromatic rings. The summed E-state index contributed by atoms with van der Waals surface area (Å²) in [5.41, 5.74) is 20.5. The maximum atomic E-state index is 2.53. The zero-order valence-electron chi connectivity index (χ0n) is 33.3. The Kier molecular flexibility index (Phi) is 8.13. The molecule has 0 saturated carbocycles. The Morgan fingerprint density at radius 2 is 0.746 bits per heavy atom. The lowest BCUT2D eigenvalue weighted by atomic mass is 9.55. The lowest BCUT2D eigenvalue weighted by Crippen LogP contribution is -2.40. The Bertz CT molecular complexity index is 2960. The zero-order chi connectivity index (χ0) is 39.6. The summed E-state index contributed by atoms with van der Waals surface area (Å²) in [6.45, 7) is 4.78. The lowest BCUT2D eigenvalue weighted by molar-refractivity contribution is 0.563. The van der Waals surface area contributed by atoms with Crippen molar-refractivity contribution in [1.29, 1.82) is 0 Å². The average Bonchev–Trinajstić information content (AvgIpc) is 3.61. The molecule has 0 aliphatic heterocycles. The van der Waals surface area contributed by atoms with Crippen LogP contribution in [0, 0.1) is 0 Å². The molecule has 0 saturated heterocycles. The van der Waals surface area contributed by atoms with Crippen molar-refractivity contribution in [3.8, 4) is 44.5 Å². The summed E-state index contributed by atoms with van der Waals surface area (Å²) in [7, 11) is 0. The van der Waals surface area contributed by atoms with Crippen molar-refractivity contribution in [2.45, 2.75) is 24.7 Å². The summed E-state index contributed by atoms with van der Waals surface area (Å²) in [6, 6.07) is 83.0. The topological polar surface area (TPSA) is 3.24 Å². The number of fused-ring (bicyclic) bond motifs is 9. The smallest absolute Gasteiger partial charge is 0.0720 e. The van der Waals surface area contributed by atoms with Gasteiger partial charge in [0.05, 0.1) is 16.8 Å². The van der Waals surface area contributed by atoms with Gasteiger partial charge in [-0.2, -0.15) is 0 Å². The van der Waals surface area contributed by atoms with Gasteiger partial charge in [0.25, 0.3) is 0 Å². The van der Waals surface area contributed by atoms with E-state index in [4.69, 9.17) is 0 Å².